The number of hydrogen-bond donors (Lipinski definition) is 2. The number of hydrogen-bond acceptors (Lipinski definition) is 8. The predicted molar refractivity (Wildman–Crippen MR) is 235 cm³/mol. The van der Waals surface area contributed by atoms with Crippen LogP contribution in [-0.4, -0.2) is 94.4 Å². The number of amides is 4. The summed E-state index contributed by atoms with van der Waals surface area (Å²) in [6.45, 7) is 4.04. The van der Waals surface area contributed by atoms with Crippen molar-refractivity contribution in [3.8, 4) is 5.75 Å². The van der Waals surface area contributed by atoms with Crippen LogP contribution in [0.4, 0.5) is 19.7 Å². The number of nitrogens with zero attached hydrogens (tertiary/aromatic N) is 4. The van der Waals surface area contributed by atoms with Gasteiger partial charge in [-0.3, -0.25) is 19.3 Å². The van der Waals surface area contributed by atoms with E-state index in [0.717, 1.165) is 12.8 Å². The lowest BCUT2D eigenvalue weighted by Crippen LogP contribution is -2.61. The van der Waals surface area contributed by atoms with E-state index in [-0.39, 0.29) is 44.9 Å². The molecule has 2 aromatic carbocycles. The van der Waals surface area contributed by atoms with Crippen molar-refractivity contribution in [1.82, 2.24) is 19.6 Å². The van der Waals surface area contributed by atoms with Gasteiger partial charge in [0.2, 0.25) is 5.91 Å². The zero-order valence-corrected chi connectivity index (χ0v) is 37.5. The van der Waals surface area contributed by atoms with E-state index in [0.29, 0.717) is 55.2 Å². The van der Waals surface area contributed by atoms with Gasteiger partial charge in [-0.05, 0) is 49.6 Å². The molecule has 330 valence electrons. The Morgan fingerprint density at radius 2 is 1.57 bits per heavy atom. The van der Waals surface area contributed by atoms with Gasteiger partial charge >= 0.3 is 12.1 Å². The fraction of sp³-hybridized carbons (Fsp3) is 0.605. The first-order valence-electron chi connectivity index (χ1n) is 21.7. The lowest BCUT2D eigenvalue weighted by Gasteiger charge is -2.41. The molecule has 2 saturated heterocycles. The van der Waals surface area contributed by atoms with E-state index in [1.165, 1.54) is 110 Å². The summed E-state index contributed by atoms with van der Waals surface area (Å²) in [4.78, 5) is 41.3. The number of carbonyl (C=O) groups excluding carboxylic acids is 3. The number of nitrogens with one attached hydrogen (secondary N) is 1. The topological polar surface area (TPSA) is 157 Å². The average molecular weight is 890 g/mol. The number of benzene rings is 2. The summed E-state index contributed by atoms with van der Waals surface area (Å²) in [6.07, 6.45) is 20.8. The molecular weight excluding hydrogens is 827 g/mol. The highest BCUT2D eigenvalue weighted by Crippen LogP contribution is 2.35. The number of primary amides is 1. The Morgan fingerprint density at radius 3 is 2.23 bits per heavy atom. The van der Waals surface area contributed by atoms with Gasteiger partial charge in [-0.2, -0.15) is 0 Å². The SMILES string of the molecule is CCCCCCCCCCCCCCCCOCCCCS(=O)(=O)COc1ccc2c(c1)c(N1CCN3[Si]C[C@@H](C(=O)NCc4cccc(Cl)c4F)N3C1=O)cn2C(N)=O. The van der Waals surface area contributed by atoms with Gasteiger partial charge in [-0.15, -0.1) is 0 Å². The van der Waals surface area contributed by atoms with Crippen molar-refractivity contribution in [3.63, 3.8) is 0 Å². The molecule has 1 aromatic heterocycles. The lowest BCUT2D eigenvalue weighted by atomic mass is 10.0. The molecule has 3 heterocycles. The maximum atomic E-state index is 14.5. The third kappa shape index (κ3) is 13.7. The molecule has 13 nitrogen and oxygen atoms in total. The monoisotopic (exact) mass is 888 g/mol. The minimum atomic E-state index is -3.55. The number of unbranched alkanes of at least 4 members (excludes halogenated alkanes) is 14. The zero-order chi connectivity index (χ0) is 42.9. The number of hydrazine groups is 1. The number of carbonyl (C=O) groups is 3. The summed E-state index contributed by atoms with van der Waals surface area (Å²) in [6, 6.07) is 7.56. The number of rotatable bonds is 27. The first kappa shape index (κ1) is 47.3. The van der Waals surface area contributed by atoms with E-state index in [2.05, 4.69) is 12.2 Å². The van der Waals surface area contributed by atoms with Crippen molar-refractivity contribution in [2.24, 2.45) is 5.73 Å². The Balaban J connectivity index is 1.04. The van der Waals surface area contributed by atoms with E-state index >= 15 is 0 Å². The molecule has 0 spiro atoms. The van der Waals surface area contributed by atoms with Gasteiger partial charge in [0.15, 0.2) is 25.5 Å². The van der Waals surface area contributed by atoms with Gasteiger partial charge in [0, 0.05) is 50.0 Å². The van der Waals surface area contributed by atoms with Crippen LogP contribution in [0.3, 0.4) is 0 Å². The molecule has 0 bridgehead atoms. The molecule has 0 unspecified atom stereocenters. The third-order valence-corrected chi connectivity index (χ3v) is 14.1. The van der Waals surface area contributed by atoms with Crippen molar-refractivity contribution in [2.75, 3.05) is 42.9 Å². The van der Waals surface area contributed by atoms with Gasteiger partial charge in [0.05, 0.1) is 22.0 Å². The average Bonchev–Trinajstić information content (AvgIpc) is 3.84. The molecule has 5 rings (SSSR count). The van der Waals surface area contributed by atoms with Crippen LogP contribution in [0.5, 0.6) is 5.75 Å². The highest BCUT2D eigenvalue weighted by atomic mass is 35.5. The highest BCUT2D eigenvalue weighted by molar-refractivity contribution is 7.91. The van der Waals surface area contributed by atoms with Crippen molar-refractivity contribution >= 4 is 65.7 Å². The number of nitrogens with two attached hydrogens (primary N) is 1. The van der Waals surface area contributed by atoms with E-state index < -0.39 is 45.6 Å². The summed E-state index contributed by atoms with van der Waals surface area (Å²) in [5.74, 6) is -1.40. The van der Waals surface area contributed by atoms with Crippen LogP contribution in [0.2, 0.25) is 11.1 Å². The van der Waals surface area contributed by atoms with Crippen LogP contribution in [0, 0.1) is 5.82 Å². The van der Waals surface area contributed by atoms with E-state index in [9.17, 15) is 27.2 Å². The molecule has 2 aliphatic heterocycles. The predicted octanol–water partition coefficient (Wildman–Crippen LogP) is 8.58. The molecular formula is C43H62ClFN6O7SSi. The van der Waals surface area contributed by atoms with Crippen molar-refractivity contribution in [2.45, 2.75) is 128 Å². The summed E-state index contributed by atoms with van der Waals surface area (Å²) < 4.78 is 54.8. The fourth-order valence-electron chi connectivity index (χ4n) is 7.70. The number of halogens is 2. The second-order valence-corrected chi connectivity index (χ2v) is 19.5. The van der Waals surface area contributed by atoms with Crippen LogP contribution in [-0.2, 0) is 25.9 Å². The van der Waals surface area contributed by atoms with Gasteiger partial charge in [-0.1, -0.05) is 114 Å². The van der Waals surface area contributed by atoms with Gasteiger partial charge in [0.25, 0.3) is 0 Å². The van der Waals surface area contributed by atoms with E-state index in [1.54, 1.807) is 24.3 Å². The van der Waals surface area contributed by atoms with Crippen molar-refractivity contribution in [3.05, 3.63) is 59.0 Å². The smallest absolute Gasteiger partial charge is 0.339 e. The maximum Gasteiger partial charge on any atom is 0.339 e. The normalized spacial score (nSPS) is 15.8. The number of aromatic nitrogens is 1. The van der Waals surface area contributed by atoms with Gasteiger partial charge in [-0.25, -0.2) is 27.1 Å². The van der Waals surface area contributed by atoms with E-state index in [4.69, 9.17) is 26.8 Å². The second-order valence-electron chi connectivity index (χ2n) is 15.7. The Hall–Kier alpha value is -3.70. The first-order valence-corrected chi connectivity index (χ1v) is 25.0. The van der Waals surface area contributed by atoms with Crippen LogP contribution < -0.4 is 20.7 Å². The first-order chi connectivity index (χ1) is 29.0. The quantitative estimate of drug-likeness (QED) is 0.0570. The summed E-state index contributed by atoms with van der Waals surface area (Å²) in [5.41, 5.74) is 6.67. The molecule has 2 fully saturated rings. The maximum absolute atomic E-state index is 14.5. The second kappa shape index (κ2) is 24.1. The molecule has 3 aromatic rings. The molecule has 3 N–H and O–H groups in total. The molecule has 0 aliphatic carbocycles. The fourth-order valence-corrected chi connectivity index (χ4v) is 10.3. The molecule has 60 heavy (non-hydrogen) atoms. The van der Waals surface area contributed by atoms with Crippen LogP contribution in [0.25, 0.3) is 10.9 Å². The Bertz CT molecular complexity index is 1990. The Kier molecular flexibility index (Phi) is 19.0. The van der Waals surface area contributed by atoms with Crippen LogP contribution in [0.15, 0.2) is 42.6 Å². The number of urea groups is 1. The third-order valence-electron chi connectivity index (χ3n) is 11.1. The van der Waals surface area contributed by atoms with Crippen molar-refractivity contribution < 1.29 is 36.7 Å². The number of fused-ring (bicyclic) bond motifs is 2. The van der Waals surface area contributed by atoms with Gasteiger partial charge < -0.3 is 20.5 Å². The van der Waals surface area contributed by atoms with Gasteiger partial charge in [0.1, 0.15) is 17.6 Å². The highest BCUT2D eigenvalue weighted by Gasteiger charge is 2.45. The molecule has 0 saturated carbocycles. The minimum Gasteiger partial charge on any atom is -0.478 e. The minimum absolute atomic E-state index is 0.0428. The standard InChI is InChI=1S/C43H62ClFN6O7SSi/c1-2-3-4-5-6-7-8-9-10-11-12-13-14-15-25-57-26-16-17-27-59(55,56)32-58-34-21-22-37-35(28-34)38(30-49(37)42(46)53)48-23-24-50-51(43(48)54)39(31-60-50)41(52)47-29-33-19-18-20-36(44)40(33)45/h18-22,28,30,39H,2-17,23-27,29,31-32H2,1H3,(H2,46,53)(H,47,52)/t39-/m0/s1. The molecule has 17 heteroatoms. The number of anilines is 1. The molecule has 2 radical (unpaired) electrons. The largest absolute Gasteiger partial charge is 0.478 e. The summed E-state index contributed by atoms with van der Waals surface area (Å²) in [7, 11) is -3.38. The van der Waals surface area contributed by atoms with Crippen molar-refractivity contribution in [1.29, 1.82) is 0 Å². The number of ether oxygens (including phenoxy) is 2. The molecule has 2 aliphatic rings. The Morgan fingerprint density at radius 1 is 0.917 bits per heavy atom. The van der Waals surface area contributed by atoms with Crippen LogP contribution in [0.1, 0.15) is 115 Å². The molecule has 4 amide bonds. The summed E-state index contributed by atoms with van der Waals surface area (Å²) >= 11 is 5.90. The lowest BCUT2D eigenvalue weighted by molar-refractivity contribution is -0.127. The van der Waals surface area contributed by atoms with E-state index in [1.807, 2.05) is 4.67 Å². The Labute approximate surface area is 362 Å². The summed E-state index contributed by atoms with van der Waals surface area (Å²) in [5, 5.41) is 4.53. The zero-order valence-electron chi connectivity index (χ0n) is 35.0. The molecule has 1 atom stereocenters. The van der Waals surface area contributed by atoms with Crippen LogP contribution >= 0.6 is 11.6 Å². The number of sulfone groups is 1.